The number of nitrogens with zero attached hydrogens (tertiary/aromatic N) is 4. The van der Waals surface area contributed by atoms with E-state index in [9.17, 15) is 0 Å². The topological polar surface area (TPSA) is 81.7 Å². The SMILES string of the molecule is Cc1c(NN)nc(C2CC2)nc1Sc1cnn(C)c1. The molecule has 1 fully saturated rings. The Kier molecular flexibility index (Phi) is 3.16. The van der Waals surface area contributed by atoms with Crippen molar-refractivity contribution in [3.8, 4) is 0 Å². The van der Waals surface area contributed by atoms with E-state index in [2.05, 4.69) is 20.5 Å². The van der Waals surface area contributed by atoms with Gasteiger partial charge >= 0.3 is 0 Å². The van der Waals surface area contributed by atoms with Gasteiger partial charge in [-0.05, 0) is 19.8 Å². The fourth-order valence-corrected chi connectivity index (χ4v) is 2.76. The van der Waals surface area contributed by atoms with Gasteiger partial charge in [-0.2, -0.15) is 5.10 Å². The van der Waals surface area contributed by atoms with Crippen molar-refractivity contribution in [2.24, 2.45) is 12.9 Å². The van der Waals surface area contributed by atoms with Crippen LogP contribution in [-0.2, 0) is 7.05 Å². The van der Waals surface area contributed by atoms with Crippen molar-refractivity contribution in [3.63, 3.8) is 0 Å². The van der Waals surface area contributed by atoms with Crippen molar-refractivity contribution >= 4 is 17.6 Å². The first kappa shape index (κ1) is 12.4. The molecule has 1 aliphatic carbocycles. The van der Waals surface area contributed by atoms with E-state index in [1.54, 1.807) is 16.4 Å². The van der Waals surface area contributed by atoms with Crippen molar-refractivity contribution in [2.75, 3.05) is 5.43 Å². The molecule has 0 aliphatic heterocycles. The molecule has 100 valence electrons. The van der Waals surface area contributed by atoms with Crippen molar-refractivity contribution in [2.45, 2.75) is 35.6 Å². The summed E-state index contributed by atoms with van der Waals surface area (Å²) < 4.78 is 1.78. The number of hydrogen-bond acceptors (Lipinski definition) is 6. The summed E-state index contributed by atoms with van der Waals surface area (Å²) >= 11 is 1.59. The Morgan fingerprint density at radius 3 is 2.79 bits per heavy atom. The van der Waals surface area contributed by atoms with Gasteiger partial charge in [0.15, 0.2) is 0 Å². The predicted molar refractivity (Wildman–Crippen MR) is 73.9 cm³/mol. The molecule has 3 rings (SSSR count). The molecule has 0 bridgehead atoms. The van der Waals surface area contributed by atoms with Crippen LogP contribution >= 0.6 is 11.8 Å². The zero-order chi connectivity index (χ0) is 13.4. The number of anilines is 1. The van der Waals surface area contributed by atoms with Gasteiger partial charge in [0.05, 0.1) is 11.1 Å². The van der Waals surface area contributed by atoms with Crippen LogP contribution in [0.4, 0.5) is 5.82 Å². The van der Waals surface area contributed by atoms with Crippen LogP contribution in [0.2, 0.25) is 0 Å². The Balaban J connectivity index is 1.96. The summed E-state index contributed by atoms with van der Waals surface area (Å²) in [5.74, 6) is 7.65. The van der Waals surface area contributed by atoms with E-state index < -0.39 is 0 Å². The lowest BCUT2D eigenvalue weighted by Gasteiger charge is -2.10. The summed E-state index contributed by atoms with van der Waals surface area (Å²) in [6, 6.07) is 0. The minimum absolute atomic E-state index is 0.501. The van der Waals surface area contributed by atoms with E-state index in [0.29, 0.717) is 11.7 Å². The number of aromatic nitrogens is 4. The molecule has 0 spiro atoms. The summed E-state index contributed by atoms with van der Waals surface area (Å²) in [6.45, 7) is 1.98. The van der Waals surface area contributed by atoms with Gasteiger partial charge in [0.2, 0.25) is 0 Å². The molecule has 1 saturated carbocycles. The highest BCUT2D eigenvalue weighted by atomic mass is 32.2. The molecule has 7 heteroatoms. The van der Waals surface area contributed by atoms with E-state index in [1.807, 2.05) is 26.4 Å². The van der Waals surface area contributed by atoms with Crippen LogP contribution in [-0.4, -0.2) is 19.7 Å². The van der Waals surface area contributed by atoms with Crippen molar-refractivity contribution in [1.29, 1.82) is 0 Å². The third-order valence-electron chi connectivity index (χ3n) is 3.09. The Labute approximate surface area is 115 Å². The standard InChI is InChI=1S/C12H16N6S/c1-7-10(17-13)15-11(8-3-4-8)16-12(7)19-9-5-14-18(2)6-9/h5-6,8H,3-4,13H2,1-2H3,(H,15,16,17). The molecule has 19 heavy (non-hydrogen) atoms. The van der Waals surface area contributed by atoms with Gasteiger partial charge in [-0.25, -0.2) is 15.8 Å². The predicted octanol–water partition coefficient (Wildman–Crippen LogP) is 1.83. The Bertz CT molecular complexity index is 604. The molecule has 2 aromatic rings. The van der Waals surface area contributed by atoms with Crippen LogP contribution in [0.25, 0.3) is 0 Å². The highest BCUT2D eigenvalue weighted by molar-refractivity contribution is 7.99. The van der Waals surface area contributed by atoms with E-state index in [0.717, 1.165) is 21.3 Å². The van der Waals surface area contributed by atoms with Gasteiger partial charge in [-0.3, -0.25) is 4.68 Å². The smallest absolute Gasteiger partial charge is 0.147 e. The number of nitrogen functional groups attached to an aromatic ring is 1. The minimum atomic E-state index is 0.501. The molecule has 3 N–H and O–H groups in total. The molecule has 0 unspecified atom stereocenters. The number of rotatable bonds is 4. The van der Waals surface area contributed by atoms with Gasteiger partial charge in [0.1, 0.15) is 16.7 Å². The maximum absolute atomic E-state index is 5.54. The zero-order valence-electron chi connectivity index (χ0n) is 10.9. The number of nitrogens with one attached hydrogen (secondary N) is 1. The highest BCUT2D eigenvalue weighted by Gasteiger charge is 2.28. The van der Waals surface area contributed by atoms with Crippen LogP contribution < -0.4 is 11.3 Å². The van der Waals surface area contributed by atoms with E-state index in [-0.39, 0.29) is 0 Å². The van der Waals surface area contributed by atoms with Gasteiger partial charge < -0.3 is 5.43 Å². The third-order valence-corrected chi connectivity index (χ3v) is 4.13. The molecule has 0 saturated heterocycles. The summed E-state index contributed by atoms with van der Waals surface area (Å²) in [4.78, 5) is 10.2. The first-order valence-corrected chi connectivity index (χ1v) is 7.00. The fraction of sp³-hybridized carbons (Fsp3) is 0.417. The van der Waals surface area contributed by atoms with Gasteiger partial charge in [0, 0.05) is 24.7 Å². The van der Waals surface area contributed by atoms with Gasteiger partial charge in [-0.15, -0.1) is 0 Å². The number of hydrazine groups is 1. The Morgan fingerprint density at radius 2 is 2.21 bits per heavy atom. The van der Waals surface area contributed by atoms with Crippen molar-refractivity contribution in [3.05, 3.63) is 23.8 Å². The molecule has 0 aromatic carbocycles. The summed E-state index contributed by atoms with van der Waals surface area (Å²) in [5.41, 5.74) is 3.64. The van der Waals surface area contributed by atoms with Gasteiger partial charge in [0.25, 0.3) is 0 Å². The van der Waals surface area contributed by atoms with Crippen LogP contribution in [0.5, 0.6) is 0 Å². The summed E-state index contributed by atoms with van der Waals surface area (Å²) in [7, 11) is 1.90. The first-order valence-electron chi connectivity index (χ1n) is 6.19. The van der Waals surface area contributed by atoms with Crippen molar-refractivity contribution in [1.82, 2.24) is 19.7 Å². The van der Waals surface area contributed by atoms with E-state index >= 15 is 0 Å². The number of hydrogen-bond donors (Lipinski definition) is 2. The lowest BCUT2D eigenvalue weighted by atomic mass is 10.3. The number of aryl methyl sites for hydroxylation is 1. The maximum Gasteiger partial charge on any atom is 0.147 e. The molecule has 6 nitrogen and oxygen atoms in total. The molecule has 1 aliphatic rings. The molecule has 0 amide bonds. The molecular weight excluding hydrogens is 260 g/mol. The Hall–Kier alpha value is -1.60. The van der Waals surface area contributed by atoms with Crippen LogP contribution in [0.3, 0.4) is 0 Å². The lowest BCUT2D eigenvalue weighted by molar-refractivity contribution is 0.766. The molecule has 0 radical (unpaired) electrons. The van der Waals surface area contributed by atoms with E-state index in [1.165, 1.54) is 12.8 Å². The maximum atomic E-state index is 5.54. The second-order valence-electron chi connectivity index (χ2n) is 4.73. The van der Waals surface area contributed by atoms with Crippen molar-refractivity contribution < 1.29 is 0 Å². The zero-order valence-corrected chi connectivity index (χ0v) is 11.7. The second kappa shape index (κ2) is 4.82. The largest absolute Gasteiger partial charge is 0.308 e. The molecule has 2 heterocycles. The van der Waals surface area contributed by atoms with Gasteiger partial charge in [-0.1, -0.05) is 11.8 Å². The Morgan fingerprint density at radius 1 is 1.42 bits per heavy atom. The number of nitrogens with two attached hydrogens (primary N) is 1. The highest BCUT2D eigenvalue weighted by Crippen LogP contribution is 2.40. The average Bonchev–Trinajstić information content (AvgIpc) is 3.16. The normalized spacial score (nSPS) is 14.7. The summed E-state index contributed by atoms with van der Waals surface area (Å²) in [5, 5.41) is 5.11. The quantitative estimate of drug-likeness (QED) is 0.504. The van der Waals surface area contributed by atoms with E-state index in [4.69, 9.17) is 5.84 Å². The first-order chi connectivity index (χ1) is 9.17. The van der Waals surface area contributed by atoms with Crippen LogP contribution in [0.1, 0.15) is 30.1 Å². The minimum Gasteiger partial charge on any atom is -0.308 e. The molecular formula is C12H16N6S. The second-order valence-corrected chi connectivity index (χ2v) is 5.79. The monoisotopic (exact) mass is 276 g/mol. The lowest BCUT2D eigenvalue weighted by Crippen LogP contribution is -2.13. The summed E-state index contributed by atoms with van der Waals surface area (Å²) in [6.07, 6.45) is 6.14. The average molecular weight is 276 g/mol. The molecule has 2 aromatic heterocycles. The van der Waals surface area contributed by atoms with Crippen LogP contribution in [0.15, 0.2) is 22.3 Å². The fourth-order valence-electron chi connectivity index (χ4n) is 1.84. The molecule has 0 atom stereocenters. The van der Waals surface area contributed by atoms with Crippen LogP contribution in [0, 0.1) is 6.92 Å². The third kappa shape index (κ3) is 2.57.